The fourth-order valence-electron chi connectivity index (χ4n) is 1.04. The van der Waals surface area contributed by atoms with Crippen molar-refractivity contribution in [3.63, 3.8) is 0 Å². The van der Waals surface area contributed by atoms with Crippen LogP contribution < -0.4 is 0 Å². The molecule has 0 saturated carbocycles. The monoisotopic (exact) mass is 285 g/mol. The van der Waals surface area contributed by atoms with E-state index in [9.17, 15) is 4.57 Å². The quantitative estimate of drug-likeness (QED) is 0.756. The van der Waals surface area contributed by atoms with E-state index >= 15 is 0 Å². The SMILES string of the molecule is CCOP(=O)(/N=C1/SCC(CO)S1)OCC. The van der Waals surface area contributed by atoms with E-state index in [4.69, 9.17) is 14.2 Å². The number of rotatable bonds is 6. The summed E-state index contributed by atoms with van der Waals surface area (Å²) in [6.07, 6.45) is 0. The van der Waals surface area contributed by atoms with E-state index in [0.29, 0.717) is 17.6 Å². The average molecular weight is 285 g/mol. The van der Waals surface area contributed by atoms with Gasteiger partial charge in [-0.15, -0.1) is 0 Å². The minimum absolute atomic E-state index is 0.101. The first kappa shape index (κ1) is 14.5. The number of hydrogen-bond acceptors (Lipinski definition) is 6. The van der Waals surface area contributed by atoms with Gasteiger partial charge in [0.15, 0.2) is 0 Å². The van der Waals surface area contributed by atoms with Gasteiger partial charge in [0.25, 0.3) is 0 Å². The molecule has 1 aliphatic heterocycles. The molecule has 1 unspecified atom stereocenters. The summed E-state index contributed by atoms with van der Waals surface area (Å²) in [6, 6.07) is 0. The van der Waals surface area contributed by atoms with Gasteiger partial charge in [0.1, 0.15) is 4.38 Å². The maximum atomic E-state index is 12.0. The molecule has 0 aromatic rings. The summed E-state index contributed by atoms with van der Waals surface area (Å²) >= 11 is 2.89. The van der Waals surface area contributed by atoms with Crippen molar-refractivity contribution in [1.29, 1.82) is 0 Å². The lowest BCUT2D eigenvalue weighted by Gasteiger charge is -2.11. The summed E-state index contributed by atoms with van der Waals surface area (Å²) in [6.45, 7) is 4.19. The molecule has 1 heterocycles. The maximum Gasteiger partial charge on any atom is 0.455 e. The first-order chi connectivity index (χ1) is 7.63. The molecule has 0 radical (unpaired) electrons. The molecule has 0 aromatic heterocycles. The molecule has 0 bridgehead atoms. The number of hydrogen-bond donors (Lipinski definition) is 1. The molecular weight excluding hydrogens is 269 g/mol. The Balaban J connectivity index is 2.67. The highest BCUT2D eigenvalue weighted by molar-refractivity contribution is 8.42. The summed E-state index contributed by atoms with van der Waals surface area (Å²) in [5.74, 6) is 0.776. The molecule has 0 aromatic carbocycles. The van der Waals surface area contributed by atoms with E-state index in [0.717, 1.165) is 5.75 Å². The first-order valence-corrected chi connectivity index (χ1v) is 8.39. The molecular formula is C8H16NO4PS2. The second-order valence-corrected chi connectivity index (χ2v) is 7.11. The van der Waals surface area contributed by atoms with Crippen LogP contribution in [0.25, 0.3) is 0 Å². The summed E-state index contributed by atoms with van der Waals surface area (Å²) < 4.78 is 26.9. The minimum Gasteiger partial charge on any atom is -0.395 e. The topological polar surface area (TPSA) is 68.1 Å². The Bertz CT molecular complexity index is 290. The highest BCUT2D eigenvalue weighted by Gasteiger charge is 2.28. The maximum absolute atomic E-state index is 12.0. The van der Waals surface area contributed by atoms with Crippen molar-refractivity contribution in [2.24, 2.45) is 4.76 Å². The van der Waals surface area contributed by atoms with Gasteiger partial charge < -0.3 is 5.11 Å². The van der Waals surface area contributed by atoms with E-state index in [-0.39, 0.29) is 11.9 Å². The van der Waals surface area contributed by atoms with Crippen molar-refractivity contribution in [3.8, 4) is 0 Å². The molecule has 1 rings (SSSR count). The Kier molecular flexibility index (Phi) is 6.39. The van der Waals surface area contributed by atoms with E-state index < -0.39 is 7.75 Å². The van der Waals surface area contributed by atoms with Crippen molar-refractivity contribution < 1.29 is 18.7 Å². The zero-order valence-electron chi connectivity index (χ0n) is 9.29. The smallest absolute Gasteiger partial charge is 0.395 e. The van der Waals surface area contributed by atoms with Crippen LogP contribution in [-0.2, 0) is 13.6 Å². The Morgan fingerprint density at radius 1 is 1.50 bits per heavy atom. The second-order valence-electron chi connectivity index (χ2n) is 2.90. The van der Waals surface area contributed by atoms with Crippen LogP contribution in [0.2, 0.25) is 0 Å². The number of aliphatic hydroxyl groups excluding tert-OH is 1. The fourth-order valence-corrected chi connectivity index (χ4v) is 5.26. The van der Waals surface area contributed by atoms with E-state index in [1.165, 1.54) is 23.5 Å². The molecule has 8 heteroatoms. The molecule has 16 heavy (non-hydrogen) atoms. The van der Waals surface area contributed by atoms with Crippen molar-refractivity contribution in [3.05, 3.63) is 0 Å². The van der Waals surface area contributed by atoms with Crippen LogP contribution in [0.4, 0.5) is 0 Å². The fraction of sp³-hybridized carbons (Fsp3) is 0.875. The summed E-state index contributed by atoms with van der Waals surface area (Å²) in [7, 11) is -3.34. The lowest BCUT2D eigenvalue weighted by Crippen LogP contribution is -2.05. The molecule has 1 aliphatic rings. The van der Waals surface area contributed by atoms with E-state index in [1.54, 1.807) is 13.8 Å². The van der Waals surface area contributed by atoms with Crippen molar-refractivity contribution in [2.75, 3.05) is 25.6 Å². The first-order valence-electron chi connectivity index (χ1n) is 5.03. The normalized spacial score (nSPS) is 24.2. The van der Waals surface area contributed by atoms with Gasteiger partial charge in [0.05, 0.1) is 19.8 Å². The molecule has 0 aliphatic carbocycles. The van der Waals surface area contributed by atoms with Gasteiger partial charge >= 0.3 is 7.75 Å². The van der Waals surface area contributed by atoms with Gasteiger partial charge in [-0.3, -0.25) is 9.05 Å². The highest BCUT2D eigenvalue weighted by Crippen LogP contribution is 2.52. The zero-order chi connectivity index (χ0) is 12.0. The van der Waals surface area contributed by atoms with Crippen LogP contribution in [-0.4, -0.2) is 40.3 Å². The van der Waals surface area contributed by atoms with Crippen LogP contribution in [0, 0.1) is 0 Å². The standard InChI is InChI=1S/C8H16NO4PS2/c1-3-12-14(11,13-4-2)9-8-15-6-7(5-10)16-8/h7,10H,3-6H2,1-2H3/b9-8-. The molecule has 1 atom stereocenters. The lowest BCUT2D eigenvalue weighted by atomic mass is 10.5. The van der Waals surface area contributed by atoms with E-state index in [2.05, 4.69) is 4.76 Å². The Hall–Kier alpha value is 0.480. The van der Waals surface area contributed by atoms with Gasteiger partial charge in [-0.05, 0) is 13.8 Å². The molecule has 1 saturated heterocycles. The van der Waals surface area contributed by atoms with Crippen LogP contribution in [0.5, 0.6) is 0 Å². The number of aliphatic hydroxyl groups is 1. The van der Waals surface area contributed by atoms with Crippen molar-refractivity contribution in [2.45, 2.75) is 19.1 Å². The van der Waals surface area contributed by atoms with Crippen molar-refractivity contribution in [1.82, 2.24) is 0 Å². The third-order valence-electron chi connectivity index (χ3n) is 1.65. The number of nitrogens with zero attached hydrogens (tertiary/aromatic N) is 1. The summed E-state index contributed by atoms with van der Waals surface area (Å²) in [4.78, 5) is 0. The molecule has 1 fully saturated rings. The Labute approximate surface area is 104 Å². The third kappa shape index (κ3) is 4.39. The van der Waals surface area contributed by atoms with Crippen LogP contribution in [0.15, 0.2) is 4.76 Å². The Morgan fingerprint density at radius 2 is 2.12 bits per heavy atom. The van der Waals surface area contributed by atoms with Crippen LogP contribution in [0.1, 0.15) is 13.8 Å². The predicted octanol–water partition coefficient (Wildman–Crippen LogP) is 2.36. The summed E-state index contributed by atoms with van der Waals surface area (Å²) in [5.41, 5.74) is 0. The Morgan fingerprint density at radius 3 is 2.56 bits per heavy atom. The van der Waals surface area contributed by atoms with Gasteiger partial charge in [-0.2, -0.15) is 4.76 Å². The van der Waals surface area contributed by atoms with Gasteiger partial charge in [-0.1, -0.05) is 23.5 Å². The molecule has 1 N–H and O–H groups in total. The summed E-state index contributed by atoms with van der Waals surface area (Å²) in [5, 5.41) is 9.09. The second kappa shape index (κ2) is 7.03. The molecule has 0 amide bonds. The highest BCUT2D eigenvalue weighted by atomic mass is 32.2. The predicted molar refractivity (Wildman–Crippen MR) is 69.2 cm³/mol. The molecule has 0 spiro atoms. The van der Waals surface area contributed by atoms with Gasteiger partial charge in [0.2, 0.25) is 0 Å². The van der Waals surface area contributed by atoms with Crippen molar-refractivity contribution >= 4 is 35.6 Å². The average Bonchev–Trinajstić information content (AvgIpc) is 2.65. The van der Waals surface area contributed by atoms with Crippen LogP contribution >= 0.6 is 31.3 Å². The van der Waals surface area contributed by atoms with Crippen LogP contribution in [0.3, 0.4) is 0 Å². The van der Waals surface area contributed by atoms with E-state index in [1.807, 2.05) is 0 Å². The lowest BCUT2D eigenvalue weighted by molar-refractivity contribution is 0.221. The van der Waals surface area contributed by atoms with Gasteiger partial charge in [-0.25, -0.2) is 4.57 Å². The zero-order valence-corrected chi connectivity index (χ0v) is 11.8. The van der Waals surface area contributed by atoms with Gasteiger partial charge in [0, 0.05) is 11.0 Å². The number of thioether (sulfide) groups is 2. The molecule has 5 nitrogen and oxygen atoms in total. The third-order valence-corrected chi connectivity index (χ3v) is 6.24. The minimum atomic E-state index is -3.34. The largest absolute Gasteiger partial charge is 0.455 e. The molecule has 94 valence electrons.